The smallest absolute Gasteiger partial charge is 0.321 e. The minimum absolute atomic E-state index is 0.00549. The van der Waals surface area contributed by atoms with Crippen LogP contribution in [-0.4, -0.2) is 66.7 Å². The molecule has 2 heterocycles. The van der Waals surface area contributed by atoms with Gasteiger partial charge >= 0.3 is 6.03 Å². The lowest BCUT2D eigenvalue weighted by molar-refractivity contribution is 0.183. The second kappa shape index (κ2) is 9.18. The molecule has 2 aliphatic rings. The number of hydrogen-bond donors (Lipinski definition) is 1. The summed E-state index contributed by atoms with van der Waals surface area (Å²) in [5.41, 5.74) is 0.821. The van der Waals surface area contributed by atoms with Crippen LogP contribution in [0.1, 0.15) is 19.3 Å². The van der Waals surface area contributed by atoms with Crippen molar-refractivity contribution >= 4 is 23.5 Å². The zero-order valence-corrected chi connectivity index (χ0v) is 15.0. The van der Waals surface area contributed by atoms with E-state index >= 15 is 0 Å². The Bertz CT molecular complexity index is 512. The summed E-state index contributed by atoms with van der Waals surface area (Å²) in [5.74, 6) is 2.91. The monoisotopic (exact) mass is 349 g/mol. The molecule has 0 aromatic heterocycles. The first-order valence-corrected chi connectivity index (χ1v) is 10.1. The molecule has 5 nitrogen and oxygen atoms in total. The summed E-state index contributed by atoms with van der Waals surface area (Å²) in [7, 11) is 0. The number of urea groups is 1. The van der Waals surface area contributed by atoms with E-state index in [1.54, 1.807) is 0 Å². The Balaban J connectivity index is 1.40. The number of hydrogen-bond acceptors (Lipinski definition) is 4. The molecular formula is C18H27N3O2S. The summed E-state index contributed by atoms with van der Waals surface area (Å²) >= 11 is 1.90. The Kier molecular flexibility index (Phi) is 6.66. The number of thioether (sulfide) groups is 1. The summed E-state index contributed by atoms with van der Waals surface area (Å²) in [6.45, 7) is 5.76. The van der Waals surface area contributed by atoms with E-state index in [9.17, 15) is 4.79 Å². The molecule has 1 aromatic rings. The molecule has 2 aliphatic heterocycles. The standard InChI is InChI=1S/C18H27N3O2S/c22-18(21-11-14-24-15-12-21)19-16-4-6-17(7-5-16)23-13-10-20-8-2-1-3-9-20/h4-7H,1-3,8-15H2,(H,19,22). The second-order valence-corrected chi connectivity index (χ2v) is 7.53. The zero-order chi connectivity index (χ0) is 16.6. The maximum atomic E-state index is 12.2. The number of benzene rings is 1. The minimum Gasteiger partial charge on any atom is -0.492 e. The lowest BCUT2D eigenvalue weighted by Gasteiger charge is -2.26. The van der Waals surface area contributed by atoms with Gasteiger partial charge in [-0.1, -0.05) is 6.42 Å². The number of amides is 2. The second-order valence-electron chi connectivity index (χ2n) is 6.30. The SMILES string of the molecule is O=C(Nc1ccc(OCCN2CCCCC2)cc1)N1CCSCC1. The molecule has 6 heteroatoms. The van der Waals surface area contributed by atoms with E-state index in [-0.39, 0.29) is 6.03 Å². The van der Waals surface area contributed by atoms with Crippen LogP contribution >= 0.6 is 11.8 Å². The van der Waals surface area contributed by atoms with Gasteiger partial charge in [-0.2, -0.15) is 11.8 Å². The van der Waals surface area contributed by atoms with E-state index in [0.29, 0.717) is 0 Å². The van der Waals surface area contributed by atoms with Crippen LogP contribution in [0, 0.1) is 0 Å². The maximum Gasteiger partial charge on any atom is 0.321 e. The molecule has 0 radical (unpaired) electrons. The zero-order valence-electron chi connectivity index (χ0n) is 14.2. The van der Waals surface area contributed by atoms with E-state index in [1.165, 1.54) is 32.4 Å². The highest BCUT2D eigenvalue weighted by Gasteiger charge is 2.16. The third-order valence-corrected chi connectivity index (χ3v) is 5.47. The fraction of sp³-hybridized carbons (Fsp3) is 0.611. The fourth-order valence-electron chi connectivity index (χ4n) is 3.08. The molecule has 0 unspecified atom stereocenters. The van der Waals surface area contributed by atoms with Crippen molar-refractivity contribution in [1.82, 2.24) is 9.80 Å². The van der Waals surface area contributed by atoms with Gasteiger partial charge < -0.3 is 15.0 Å². The first-order valence-electron chi connectivity index (χ1n) is 8.90. The minimum atomic E-state index is -0.00549. The van der Waals surface area contributed by atoms with Crippen molar-refractivity contribution in [3.05, 3.63) is 24.3 Å². The summed E-state index contributed by atoms with van der Waals surface area (Å²) in [5, 5.41) is 2.96. The molecule has 3 rings (SSSR count). The number of likely N-dealkylation sites (tertiary alicyclic amines) is 1. The molecule has 1 N–H and O–H groups in total. The average Bonchev–Trinajstić information content (AvgIpc) is 2.65. The van der Waals surface area contributed by atoms with Crippen LogP contribution in [0.4, 0.5) is 10.5 Å². The molecule has 132 valence electrons. The summed E-state index contributed by atoms with van der Waals surface area (Å²) < 4.78 is 5.82. The van der Waals surface area contributed by atoms with Crippen molar-refractivity contribution in [1.29, 1.82) is 0 Å². The van der Waals surface area contributed by atoms with Gasteiger partial charge in [-0.15, -0.1) is 0 Å². The Morgan fingerprint density at radius 3 is 2.46 bits per heavy atom. The van der Waals surface area contributed by atoms with Crippen LogP contribution in [0.2, 0.25) is 0 Å². The van der Waals surface area contributed by atoms with Gasteiger partial charge in [0.25, 0.3) is 0 Å². The summed E-state index contributed by atoms with van der Waals surface area (Å²) in [6, 6.07) is 7.67. The molecule has 2 fully saturated rings. The number of anilines is 1. The van der Waals surface area contributed by atoms with Crippen molar-refractivity contribution < 1.29 is 9.53 Å². The van der Waals surface area contributed by atoms with Gasteiger partial charge in [0, 0.05) is 36.8 Å². The Labute approximate surface area is 148 Å². The van der Waals surface area contributed by atoms with E-state index in [0.717, 1.165) is 49.2 Å². The van der Waals surface area contributed by atoms with Crippen molar-refractivity contribution in [2.45, 2.75) is 19.3 Å². The van der Waals surface area contributed by atoms with Crippen molar-refractivity contribution in [2.75, 3.05) is 56.2 Å². The Morgan fingerprint density at radius 1 is 1.04 bits per heavy atom. The summed E-state index contributed by atoms with van der Waals surface area (Å²) in [6.07, 6.45) is 3.98. The molecule has 0 spiro atoms. The summed E-state index contributed by atoms with van der Waals surface area (Å²) in [4.78, 5) is 16.5. The van der Waals surface area contributed by atoms with E-state index in [1.807, 2.05) is 40.9 Å². The van der Waals surface area contributed by atoms with Gasteiger partial charge in [0.2, 0.25) is 0 Å². The van der Waals surface area contributed by atoms with Crippen LogP contribution in [0.3, 0.4) is 0 Å². The highest BCUT2D eigenvalue weighted by molar-refractivity contribution is 7.99. The third kappa shape index (κ3) is 5.31. The van der Waals surface area contributed by atoms with Crippen LogP contribution in [0.25, 0.3) is 0 Å². The first-order chi connectivity index (χ1) is 11.8. The predicted molar refractivity (Wildman–Crippen MR) is 100 cm³/mol. The molecule has 24 heavy (non-hydrogen) atoms. The fourth-order valence-corrected chi connectivity index (χ4v) is 3.98. The first kappa shape index (κ1) is 17.4. The van der Waals surface area contributed by atoms with Crippen LogP contribution < -0.4 is 10.1 Å². The highest BCUT2D eigenvalue weighted by Crippen LogP contribution is 2.17. The van der Waals surface area contributed by atoms with E-state index < -0.39 is 0 Å². The molecule has 1 aromatic carbocycles. The van der Waals surface area contributed by atoms with Crippen molar-refractivity contribution in [2.24, 2.45) is 0 Å². The normalized spacial score (nSPS) is 19.1. The van der Waals surface area contributed by atoms with Crippen LogP contribution in [-0.2, 0) is 0 Å². The van der Waals surface area contributed by atoms with Gasteiger partial charge in [-0.25, -0.2) is 4.79 Å². The van der Waals surface area contributed by atoms with Gasteiger partial charge in [0.05, 0.1) is 0 Å². The van der Waals surface area contributed by atoms with Gasteiger partial charge in [-0.3, -0.25) is 4.90 Å². The lowest BCUT2D eigenvalue weighted by atomic mass is 10.1. The number of carbonyl (C=O) groups is 1. The Morgan fingerprint density at radius 2 is 1.75 bits per heavy atom. The molecule has 0 bridgehead atoms. The van der Waals surface area contributed by atoms with Crippen molar-refractivity contribution in [3.8, 4) is 5.75 Å². The molecule has 0 atom stereocenters. The number of rotatable bonds is 5. The number of nitrogens with zero attached hydrogens (tertiary/aromatic N) is 2. The number of piperidine rings is 1. The van der Waals surface area contributed by atoms with Crippen LogP contribution in [0.5, 0.6) is 5.75 Å². The molecular weight excluding hydrogens is 322 g/mol. The average molecular weight is 350 g/mol. The third-order valence-electron chi connectivity index (χ3n) is 4.53. The number of ether oxygens (including phenoxy) is 1. The predicted octanol–water partition coefficient (Wildman–Crippen LogP) is 3.13. The molecule has 0 saturated carbocycles. The van der Waals surface area contributed by atoms with E-state index in [2.05, 4.69) is 10.2 Å². The van der Waals surface area contributed by atoms with Gasteiger partial charge in [0.15, 0.2) is 0 Å². The quantitative estimate of drug-likeness (QED) is 0.887. The maximum absolute atomic E-state index is 12.2. The number of carbonyl (C=O) groups excluding carboxylic acids is 1. The molecule has 2 amide bonds. The van der Waals surface area contributed by atoms with Gasteiger partial charge in [-0.05, 0) is 50.2 Å². The van der Waals surface area contributed by atoms with Crippen molar-refractivity contribution in [3.63, 3.8) is 0 Å². The topological polar surface area (TPSA) is 44.8 Å². The van der Waals surface area contributed by atoms with E-state index in [4.69, 9.17) is 4.74 Å². The lowest BCUT2D eigenvalue weighted by Crippen LogP contribution is -2.40. The highest BCUT2D eigenvalue weighted by atomic mass is 32.2. The largest absolute Gasteiger partial charge is 0.492 e. The Hall–Kier alpha value is -1.40. The molecule has 0 aliphatic carbocycles. The van der Waals surface area contributed by atoms with Crippen LogP contribution in [0.15, 0.2) is 24.3 Å². The number of nitrogens with one attached hydrogen (secondary N) is 1. The molecule has 2 saturated heterocycles. The van der Waals surface area contributed by atoms with Gasteiger partial charge in [0.1, 0.15) is 12.4 Å².